The van der Waals surface area contributed by atoms with Crippen LogP contribution in [0.4, 0.5) is 13.2 Å². The quantitative estimate of drug-likeness (QED) is 0.657. The molecule has 0 N–H and O–H groups in total. The fourth-order valence-corrected chi connectivity index (χ4v) is 3.74. The van der Waals surface area contributed by atoms with Crippen molar-refractivity contribution in [3.63, 3.8) is 0 Å². The Labute approximate surface area is 158 Å². The molecule has 27 heavy (non-hydrogen) atoms. The lowest BCUT2D eigenvalue weighted by Crippen LogP contribution is -2.46. The third-order valence-electron chi connectivity index (χ3n) is 4.46. The molecule has 0 unspecified atom stereocenters. The molecule has 1 heterocycles. The Hall–Kier alpha value is -1.36. The van der Waals surface area contributed by atoms with E-state index in [1.807, 2.05) is 0 Å². The first-order valence-corrected chi connectivity index (χ1v) is 10.4. The van der Waals surface area contributed by atoms with Crippen LogP contribution in [0.5, 0.6) is 5.75 Å². The number of rotatable bonds is 8. The second-order valence-corrected chi connectivity index (χ2v) is 9.06. The van der Waals surface area contributed by atoms with Crippen LogP contribution in [0.1, 0.15) is 12.0 Å². The molecule has 0 aliphatic carbocycles. The number of hydrogen-bond acceptors (Lipinski definition) is 5. The van der Waals surface area contributed by atoms with Gasteiger partial charge in [0.05, 0.1) is 5.75 Å². The van der Waals surface area contributed by atoms with E-state index in [9.17, 15) is 21.6 Å². The number of alkyl halides is 3. The monoisotopic (exact) mass is 409 g/mol. The van der Waals surface area contributed by atoms with E-state index in [0.29, 0.717) is 13.0 Å². The molecule has 1 aromatic rings. The van der Waals surface area contributed by atoms with Crippen molar-refractivity contribution in [1.82, 2.24) is 14.1 Å². The van der Waals surface area contributed by atoms with Crippen LogP contribution in [0.3, 0.4) is 0 Å². The number of piperazine rings is 1. The van der Waals surface area contributed by atoms with E-state index in [1.54, 1.807) is 12.1 Å². The van der Waals surface area contributed by atoms with Gasteiger partial charge in [-0.15, -0.1) is 13.2 Å². The van der Waals surface area contributed by atoms with Crippen LogP contribution in [0.15, 0.2) is 24.3 Å². The Morgan fingerprint density at radius 1 is 1.04 bits per heavy atom. The maximum atomic E-state index is 12.2. The molecule has 0 radical (unpaired) electrons. The van der Waals surface area contributed by atoms with E-state index in [2.05, 4.69) is 14.5 Å². The molecule has 0 spiro atoms. The van der Waals surface area contributed by atoms with Gasteiger partial charge in [-0.25, -0.2) is 12.7 Å². The maximum Gasteiger partial charge on any atom is 0.573 e. The smallest absolute Gasteiger partial charge is 0.406 e. The fourth-order valence-electron chi connectivity index (χ4n) is 2.88. The van der Waals surface area contributed by atoms with Crippen LogP contribution in [0.2, 0.25) is 0 Å². The summed E-state index contributed by atoms with van der Waals surface area (Å²) in [5.41, 5.74) is 0.926. The maximum absolute atomic E-state index is 12.2. The Balaban J connectivity index is 1.71. The second kappa shape index (κ2) is 9.22. The summed E-state index contributed by atoms with van der Waals surface area (Å²) in [6.45, 7) is 4.76. The molecule has 1 saturated heterocycles. The molecule has 154 valence electrons. The van der Waals surface area contributed by atoms with E-state index in [0.717, 1.165) is 38.3 Å². The minimum absolute atomic E-state index is 0.145. The highest BCUT2D eigenvalue weighted by Gasteiger charge is 2.31. The predicted molar refractivity (Wildman–Crippen MR) is 96.9 cm³/mol. The van der Waals surface area contributed by atoms with Crippen LogP contribution in [0, 0.1) is 0 Å². The molecular formula is C17H26F3N3O3S. The molecule has 0 amide bonds. The number of ether oxygens (including phenoxy) is 1. The normalized spacial score (nSPS) is 17.4. The predicted octanol–water partition coefficient (Wildman–Crippen LogP) is 1.98. The molecule has 1 aliphatic rings. The molecule has 1 fully saturated rings. The summed E-state index contributed by atoms with van der Waals surface area (Å²) in [5.74, 6) is -0.0734. The minimum atomic E-state index is -4.68. The van der Waals surface area contributed by atoms with Crippen molar-refractivity contribution in [3.8, 4) is 5.75 Å². The van der Waals surface area contributed by atoms with Crippen molar-refractivity contribution >= 4 is 10.0 Å². The largest absolute Gasteiger partial charge is 0.573 e. The summed E-state index contributed by atoms with van der Waals surface area (Å²) < 4.78 is 65.1. The Bertz CT molecular complexity index is 686. The molecule has 0 bridgehead atoms. The molecule has 0 aromatic heterocycles. The van der Waals surface area contributed by atoms with Crippen LogP contribution >= 0.6 is 0 Å². The zero-order valence-electron chi connectivity index (χ0n) is 15.6. The molecule has 1 aromatic carbocycles. The number of nitrogens with zero attached hydrogens (tertiary/aromatic N) is 3. The number of benzene rings is 1. The lowest BCUT2D eigenvalue weighted by Gasteiger charge is -2.34. The molecule has 10 heteroatoms. The van der Waals surface area contributed by atoms with E-state index in [-0.39, 0.29) is 11.5 Å². The van der Waals surface area contributed by atoms with Gasteiger partial charge in [0.1, 0.15) is 5.75 Å². The summed E-state index contributed by atoms with van der Waals surface area (Å²) in [5, 5.41) is 0. The van der Waals surface area contributed by atoms with Crippen molar-refractivity contribution in [2.45, 2.75) is 19.3 Å². The zero-order chi connectivity index (χ0) is 20.1. The zero-order valence-corrected chi connectivity index (χ0v) is 16.4. The highest BCUT2D eigenvalue weighted by molar-refractivity contribution is 7.89. The fraction of sp³-hybridized carbons (Fsp3) is 0.647. The molecule has 0 atom stereocenters. The van der Waals surface area contributed by atoms with Crippen molar-refractivity contribution in [2.24, 2.45) is 0 Å². The van der Waals surface area contributed by atoms with Gasteiger partial charge in [0.15, 0.2) is 0 Å². The van der Waals surface area contributed by atoms with Gasteiger partial charge in [-0.2, -0.15) is 0 Å². The van der Waals surface area contributed by atoms with Gasteiger partial charge in [-0.3, -0.25) is 4.90 Å². The number of halogens is 3. The van der Waals surface area contributed by atoms with E-state index >= 15 is 0 Å². The summed E-state index contributed by atoms with van der Waals surface area (Å²) in [6, 6.07) is 5.92. The topological polar surface area (TPSA) is 53.1 Å². The summed E-state index contributed by atoms with van der Waals surface area (Å²) in [6.07, 6.45) is -4.08. The average Bonchev–Trinajstić information content (AvgIpc) is 2.56. The average molecular weight is 409 g/mol. The van der Waals surface area contributed by atoms with Crippen molar-refractivity contribution < 1.29 is 26.3 Å². The van der Waals surface area contributed by atoms with Gasteiger partial charge in [-0.1, -0.05) is 12.1 Å². The number of sulfonamides is 1. The van der Waals surface area contributed by atoms with Crippen LogP contribution < -0.4 is 4.74 Å². The summed E-state index contributed by atoms with van der Waals surface area (Å²) in [7, 11) is -0.0747. The first-order chi connectivity index (χ1) is 12.5. The lowest BCUT2D eigenvalue weighted by molar-refractivity contribution is -0.274. The molecule has 6 nitrogen and oxygen atoms in total. The van der Waals surface area contributed by atoms with E-state index in [4.69, 9.17) is 0 Å². The minimum Gasteiger partial charge on any atom is -0.406 e. The molecular weight excluding hydrogens is 383 g/mol. The van der Waals surface area contributed by atoms with Gasteiger partial charge < -0.3 is 9.64 Å². The molecule has 0 saturated carbocycles. The van der Waals surface area contributed by atoms with Crippen LogP contribution in [-0.2, 0) is 16.6 Å². The van der Waals surface area contributed by atoms with Gasteiger partial charge in [-0.05, 0) is 30.7 Å². The van der Waals surface area contributed by atoms with Crippen LogP contribution in [-0.4, -0.2) is 81.5 Å². The van der Waals surface area contributed by atoms with Gasteiger partial charge in [0.2, 0.25) is 10.0 Å². The molecule has 1 aliphatic heterocycles. The first-order valence-electron chi connectivity index (χ1n) is 8.75. The lowest BCUT2D eigenvalue weighted by atomic mass is 10.2. The van der Waals surface area contributed by atoms with Gasteiger partial charge in [0, 0.05) is 46.8 Å². The Morgan fingerprint density at radius 2 is 1.59 bits per heavy atom. The Morgan fingerprint density at radius 3 is 2.11 bits per heavy atom. The summed E-state index contributed by atoms with van der Waals surface area (Å²) in [4.78, 5) is 4.47. The molecule has 2 rings (SSSR count). The SMILES string of the molecule is CN(C)S(=O)(=O)CCCN1CCN(Cc2ccc(OC(F)(F)F)cc2)CC1. The van der Waals surface area contributed by atoms with Crippen molar-refractivity contribution in [1.29, 1.82) is 0 Å². The highest BCUT2D eigenvalue weighted by atomic mass is 32.2. The van der Waals surface area contributed by atoms with Crippen molar-refractivity contribution in [3.05, 3.63) is 29.8 Å². The van der Waals surface area contributed by atoms with E-state index in [1.165, 1.54) is 30.5 Å². The van der Waals surface area contributed by atoms with Crippen molar-refractivity contribution in [2.75, 3.05) is 52.6 Å². The van der Waals surface area contributed by atoms with E-state index < -0.39 is 16.4 Å². The summed E-state index contributed by atoms with van der Waals surface area (Å²) >= 11 is 0. The van der Waals surface area contributed by atoms with Gasteiger partial charge in [0.25, 0.3) is 0 Å². The third-order valence-corrected chi connectivity index (χ3v) is 6.38. The van der Waals surface area contributed by atoms with Gasteiger partial charge >= 0.3 is 6.36 Å². The standard InChI is InChI=1S/C17H26F3N3O3S/c1-21(2)27(24,25)13-3-8-22-9-11-23(12-10-22)14-15-4-6-16(7-5-15)26-17(18,19)20/h4-7H,3,8-14H2,1-2H3. The van der Waals surface area contributed by atoms with Crippen LogP contribution in [0.25, 0.3) is 0 Å². The highest BCUT2D eigenvalue weighted by Crippen LogP contribution is 2.23. The Kier molecular flexibility index (Phi) is 7.49. The first kappa shape index (κ1) is 21.9. The third kappa shape index (κ3) is 7.65. The number of hydrogen-bond donors (Lipinski definition) is 0. The second-order valence-electron chi connectivity index (χ2n) is 6.76.